The smallest absolute Gasteiger partial charge is 0.564 e. The maximum Gasteiger partial charge on any atom is 1.00 e. The molecule has 1 N–H and O–H groups in total. The zero-order valence-corrected chi connectivity index (χ0v) is 20.5. The molecule has 142 valence electrons. The molecule has 1 aromatic heterocycles. The minimum atomic E-state index is 0. The third-order valence-corrected chi connectivity index (χ3v) is 5.22. The molecule has 0 saturated carbocycles. The van der Waals surface area contributed by atoms with Gasteiger partial charge in [-0.25, -0.2) is 4.98 Å². The van der Waals surface area contributed by atoms with E-state index in [2.05, 4.69) is 50.3 Å². The van der Waals surface area contributed by atoms with Crippen molar-refractivity contribution < 1.29 is 61.3 Å². The van der Waals surface area contributed by atoms with Crippen LogP contribution in [0, 0.1) is 5.92 Å². The predicted molar refractivity (Wildman–Crippen MR) is 107 cm³/mol. The van der Waals surface area contributed by atoms with Crippen LogP contribution in [0.1, 0.15) is 65.4 Å². The van der Waals surface area contributed by atoms with Gasteiger partial charge in [0.2, 0.25) is 5.88 Å². The third kappa shape index (κ3) is 7.15. The van der Waals surface area contributed by atoms with Gasteiger partial charge in [-0.15, -0.1) is 5.69 Å². The van der Waals surface area contributed by atoms with Gasteiger partial charge >= 0.3 is 51.4 Å². The Morgan fingerprint density at radius 3 is 2.26 bits per heavy atom. The van der Waals surface area contributed by atoms with Crippen LogP contribution in [0.15, 0.2) is 42.6 Å². The first kappa shape index (κ1) is 24.6. The van der Waals surface area contributed by atoms with Crippen LogP contribution in [-0.4, -0.2) is 10.2 Å². The van der Waals surface area contributed by atoms with E-state index in [1.165, 1.54) is 43.9 Å². The monoisotopic (exact) mass is 394 g/mol. The van der Waals surface area contributed by atoms with Crippen LogP contribution < -0.4 is 56.1 Å². The van der Waals surface area contributed by atoms with Crippen LogP contribution in [0.25, 0.3) is 5.48 Å². The zero-order valence-electron chi connectivity index (χ0n) is 17.4. The van der Waals surface area contributed by atoms with Gasteiger partial charge in [-0.2, -0.15) is 0 Å². The van der Waals surface area contributed by atoms with E-state index in [0.29, 0.717) is 17.5 Å². The molecule has 0 fully saturated rings. The summed E-state index contributed by atoms with van der Waals surface area (Å²) in [5.74, 6) is 1.93. The number of benzene rings is 1. The number of unbranched alkanes of at least 4 members (excludes halogenated alkanes) is 1. The topological polar surface area (TPSA) is 56.5 Å². The van der Waals surface area contributed by atoms with Gasteiger partial charge in [-0.05, 0) is 47.9 Å². The van der Waals surface area contributed by atoms with Crippen LogP contribution in [0.3, 0.4) is 0 Å². The van der Waals surface area contributed by atoms with Crippen molar-refractivity contribution in [1.29, 1.82) is 0 Å². The van der Waals surface area contributed by atoms with Crippen molar-refractivity contribution in [3.05, 3.63) is 53.6 Å². The molecule has 0 spiro atoms. The summed E-state index contributed by atoms with van der Waals surface area (Å²) in [4.78, 5) is 4.13. The number of hydrogen-bond donors (Lipinski definition) is 1. The van der Waals surface area contributed by atoms with Crippen molar-refractivity contribution in [3.8, 4) is 11.6 Å². The van der Waals surface area contributed by atoms with Gasteiger partial charge in [0.05, 0.1) is 0 Å². The molecule has 0 bridgehead atoms. The Labute approximate surface area is 206 Å². The molecule has 1 atom stereocenters. The van der Waals surface area contributed by atoms with E-state index >= 15 is 0 Å². The molecule has 0 aliphatic carbocycles. The quantitative estimate of drug-likeness (QED) is 0.486. The Balaban J connectivity index is 0.00000364. The number of ether oxygens (including phenoxy) is 1. The molecule has 0 radical (unpaired) electrons. The summed E-state index contributed by atoms with van der Waals surface area (Å²) >= 11 is 0. The second kappa shape index (κ2) is 12.2. The molecular formula is C22H31KN2O2. The Bertz CT molecular complexity index is 657. The van der Waals surface area contributed by atoms with E-state index < -0.39 is 0 Å². The van der Waals surface area contributed by atoms with Crippen molar-refractivity contribution >= 4 is 5.69 Å². The Morgan fingerprint density at radius 2 is 1.74 bits per heavy atom. The molecule has 0 amide bonds. The molecule has 2 aromatic rings. The normalized spacial score (nSPS) is 12.2. The Morgan fingerprint density at radius 1 is 1.04 bits per heavy atom. The number of nitrogens with zero attached hydrogens (tertiary/aromatic N) is 2. The molecule has 0 saturated heterocycles. The molecule has 4 nitrogen and oxygen atoms in total. The average Bonchev–Trinajstić information content (AvgIpc) is 2.66. The summed E-state index contributed by atoms with van der Waals surface area (Å²) in [6.07, 6.45) is 7.77. The van der Waals surface area contributed by atoms with Crippen LogP contribution in [-0.2, 0) is 5.41 Å². The number of aromatic nitrogens is 1. The van der Waals surface area contributed by atoms with Crippen molar-refractivity contribution in [1.82, 2.24) is 4.98 Å². The predicted octanol–water partition coefficient (Wildman–Crippen LogP) is 4.16. The number of rotatable bonds is 10. The Kier molecular flexibility index (Phi) is 11.1. The van der Waals surface area contributed by atoms with Gasteiger partial charge < -0.3 is 15.4 Å². The fourth-order valence-corrected chi connectivity index (χ4v) is 3.47. The molecule has 0 aliphatic rings. The van der Waals surface area contributed by atoms with Crippen LogP contribution in [0.2, 0.25) is 0 Å². The first-order valence-corrected chi connectivity index (χ1v) is 9.60. The molecule has 27 heavy (non-hydrogen) atoms. The Hall–Kier alpha value is -0.434. The summed E-state index contributed by atoms with van der Waals surface area (Å²) in [7, 11) is 0. The average molecular weight is 395 g/mol. The van der Waals surface area contributed by atoms with E-state index in [1.54, 1.807) is 12.1 Å². The molecule has 1 heterocycles. The van der Waals surface area contributed by atoms with Gasteiger partial charge in [0.25, 0.3) is 0 Å². The number of hydrogen-bond acceptors (Lipinski definition) is 3. The summed E-state index contributed by atoms with van der Waals surface area (Å²) in [6.45, 7) is 9.25. The van der Waals surface area contributed by atoms with Gasteiger partial charge in [0.1, 0.15) is 5.75 Å². The molecule has 1 unspecified atom stereocenters. The van der Waals surface area contributed by atoms with Gasteiger partial charge in [-0.3, -0.25) is 0 Å². The maximum absolute atomic E-state index is 8.71. The van der Waals surface area contributed by atoms with Crippen LogP contribution in [0.5, 0.6) is 11.6 Å². The first-order chi connectivity index (χ1) is 12.5. The molecule has 1 aromatic carbocycles. The molecule has 0 aliphatic heterocycles. The second-order valence-electron chi connectivity index (χ2n) is 7.43. The van der Waals surface area contributed by atoms with Crippen molar-refractivity contribution in [2.24, 2.45) is 5.92 Å². The second-order valence-corrected chi connectivity index (χ2v) is 7.43. The van der Waals surface area contributed by atoms with E-state index in [-0.39, 0.29) is 56.8 Å². The third-order valence-electron chi connectivity index (χ3n) is 5.22. The number of pyridine rings is 1. The van der Waals surface area contributed by atoms with E-state index in [0.717, 1.165) is 5.75 Å². The van der Waals surface area contributed by atoms with Gasteiger partial charge in [0, 0.05) is 6.20 Å². The largest absolute Gasteiger partial charge is 1.00 e. The summed E-state index contributed by atoms with van der Waals surface area (Å²) < 4.78 is 5.78. The minimum Gasteiger partial charge on any atom is -0.564 e. The summed E-state index contributed by atoms with van der Waals surface area (Å²) in [5.41, 5.74) is 4.99. The van der Waals surface area contributed by atoms with Gasteiger partial charge in [0.15, 0.2) is 0 Å². The molecular weight excluding hydrogens is 363 g/mol. The van der Waals surface area contributed by atoms with E-state index in [9.17, 15) is 0 Å². The first-order valence-electron chi connectivity index (χ1n) is 9.60. The standard InChI is InChI=1S/C22H31N2O2.K/c1-5-7-9-17(8-6-2)22(3,4)18-10-13-20(14-11-18)26-21-15-12-19(24-25)16-23-21;/h10-17,25H,5-9H2,1-4H3;/q-1;+1. The summed E-state index contributed by atoms with van der Waals surface area (Å²) in [5, 5.41) is 8.71. The van der Waals surface area contributed by atoms with E-state index in [4.69, 9.17) is 9.94 Å². The maximum atomic E-state index is 8.71. The fourth-order valence-electron chi connectivity index (χ4n) is 3.47. The molecule has 2 rings (SSSR count). The minimum absolute atomic E-state index is 0. The SMILES string of the molecule is CCCCC(CCC)C(C)(C)c1ccc(Oc2ccc([N-]O)cn2)cc1.[K+]. The van der Waals surface area contributed by atoms with Crippen molar-refractivity contribution in [3.63, 3.8) is 0 Å². The van der Waals surface area contributed by atoms with Crippen LogP contribution >= 0.6 is 0 Å². The van der Waals surface area contributed by atoms with Crippen molar-refractivity contribution in [2.75, 3.05) is 0 Å². The zero-order chi connectivity index (χ0) is 19.0. The fraction of sp³-hybridized carbons (Fsp3) is 0.500. The molecule has 5 heteroatoms. The van der Waals surface area contributed by atoms with Crippen molar-refractivity contribution in [2.45, 2.75) is 65.2 Å². The summed E-state index contributed by atoms with van der Waals surface area (Å²) in [6, 6.07) is 11.7. The van der Waals surface area contributed by atoms with Gasteiger partial charge in [-0.1, -0.05) is 65.2 Å². The van der Waals surface area contributed by atoms with E-state index in [1.807, 2.05) is 12.1 Å². The van der Waals surface area contributed by atoms with Crippen LogP contribution in [0.4, 0.5) is 5.69 Å².